The van der Waals surface area contributed by atoms with Gasteiger partial charge in [0.2, 0.25) is 0 Å². The molecule has 5 N–H and O–H groups in total. The van der Waals surface area contributed by atoms with Gasteiger partial charge >= 0.3 is 21.6 Å². The maximum atomic E-state index is 10.2. The first-order valence-corrected chi connectivity index (χ1v) is 7.03. The number of aromatic nitrogens is 1. The first-order valence-electron chi connectivity index (χ1n) is 3.97. The molecule has 0 aliphatic carbocycles. The molecule has 0 radical (unpaired) electrons. The molecule has 12 heteroatoms. The van der Waals surface area contributed by atoms with E-state index in [1.165, 1.54) is 18.5 Å². The van der Waals surface area contributed by atoms with Crippen molar-refractivity contribution >= 4 is 21.6 Å². The van der Waals surface area contributed by atoms with Crippen LogP contribution in [0.5, 0.6) is 0 Å². The van der Waals surface area contributed by atoms with Crippen molar-refractivity contribution in [3.63, 3.8) is 0 Å². The molecule has 0 saturated heterocycles. The number of aromatic carboxylic acids is 1. The van der Waals surface area contributed by atoms with Crippen molar-refractivity contribution in [3.05, 3.63) is 30.1 Å². The third kappa shape index (κ3) is 10.1. The summed E-state index contributed by atoms with van der Waals surface area (Å²) in [6, 6.07) is 3.08. The highest BCUT2D eigenvalue weighted by molar-refractivity contribution is 7.60. The highest BCUT2D eigenvalue weighted by atomic mass is 31.3. The van der Waals surface area contributed by atoms with Gasteiger partial charge in [0.05, 0.1) is 5.56 Å². The summed E-state index contributed by atoms with van der Waals surface area (Å²) in [5.74, 6) is -0.942. The average Bonchev–Trinajstić information content (AvgIpc) is 2.14. The molecule has 10 nitrogen and oxygen atoms in total. The largest absolute Gasteiger partial charge is 0.478 e. The second kappa shape index (κ2) is 6.72. The Bertz CT molecular complexity index is 457. The van der Waals surface area contributed by atoms with Crippen LogP contribution in [-0.4, -0.2) is 35.6 Å². The molecule has 0 spiro atoms. The Morgan fingerprint density at radius 2 is 1.67 bits per heavy atom. The van der Waals surface area contributed by atoms with E-state index in [0.29, 0.717) is 0 Å². The molecule has 0 unspecified atom stereocenters. The van der Waals surface area contributed by atoms with Crippen LogP contribution >= 0.6 is 15.6 Å². The summed E-state index contributed by atoms with van der Waals surface area (Å²) in [7, 11) is -10.1. The van der Waals surface area contributed by atoms with E-state index in [9.17, 15) is 13.9 Å². The molecule has 18 heavy (non-hydrogen) atoms. The van der Waals surface area contributed by atoms with Crippen LogP contribution in [0.25, 0.3) is 0 Å². The summed E-state index contributed by atoms with van der Waals surface area (Å²) < 4.78 is 22.2. The summed E-state index contributed by atoms with van der Waals surface area (Å²) in [5, 5.41) is 8.34. The minimum atomic E-state index is -5.05. The van der Waals surface area contributed by atoms with Crippen molar-refractivity contribution in [2.45, 2.75) is 0 Å². The van der Waals surface area contributed by atoms with Crippen LogP contribution in [-0.2, 0) is 13.4 Å². The van der Waals surface area contributed by atoms with Crippen molar-refractivity contribution < 1.29 is 42.9 Å². The van der Waals surface area contributed by atoms with Gasteiger partial charge < -0.3 is 24.7 Å². The normalized spacial score (nSPS) is 11.3. The van der Waals surface area contributed by atoms with E-state index in [-0.39, 0.29) is 5.56 Å². The smallest absolute Gasteiger partial charge is 0.478 e. The van der Waals surface area contributed by atoms with Crippen molar-refractivity contribution in [1.29, 1.82) is 0 Å². The molecule has 1 heterocycles. The average molecular weight is 301 g/mol. The monoisotopic (exact) mass is 301 g/mol. The van der Waals surface area contributed by atoms with E-state index in [1.54, 1.807) is 6.07 Å². The van der Waals surface area contributed by atoms with E-state index >= 15 is 0 Å². The highest BCUT2D eigenvalue weighted by Crippen LogP contribution is 2.53. The van der Waals surface area contributed by atoms with Gasteiger partial charge in [-0.15, -0.1) is 0 Å². The Morgan fingerprint density at radius 3 is 1.83 bits per heavy atom. The molecular formula is C6H9NO9P2. The van der Waals surface area contributed by atoms with Gasteiger partial charge in [0.15, 0.2) is 0 Å². The molecule has 0 bridgehead atoms. The Labute approximate surface area is 100 Å². The first-order chi connectivity index (χ1) is 8.01. The summed E-state index contributed by atoms with van der Waals surface area (Å²) in [5.41, 5.74) is 0.220. The number of pyridine rings is 1. The zero-order valence-electron chi connectivity index (χ0n) is 8.52. The number of carboxylic acids is 1. The Morgan fingerprint density at radius 1 is 1.17 bits per heavy atom. The zero-order chi connectivity index (χ0) is 14.4. The minimum Gasteiger partial charge on any atom is -0.478 e. The van der Waals surface area contributed by atoms with Gasteiger partial charge in [0.25, 0.3) is 0 Å². The fraction of sp³-hybridized carbons (Fsp3) is 0. The fourth-order valence-corrected chi connectivity index (χ4v) is 1.74. The predicted molar refractivity (Wildman–Crippen MR) is 56.4 cm³/mol. The summed E-state index contributed by atoms with van der Waals surface area (Å²) in [6.45, 7) is 0. The van der Waals surface area contributed by atoms with Crippen LogP contribution in [0.2, 0.25) is 0 Å². The lowest BCUT2D eigenvalue weighted by molar-refractivity contribution is 0.0696. The molecule has 0 aliphatic heterocycles. The topological polar surface area (TPSA) is 174 Å². The molecular weight excluding hydrogens is 292 g/mol. The Kier molecular flexibility index (Phi) is 6.30. The predicted octanol–water partition coefficient (Wildman–Crippen LogP) is -0.0318. The summed E-state index contributed by atoms with van der Waals surface area (Å²) in [4.78, 5) is 44.8. The molecule has 0 aliphatic rings. The lowest BCUT2D eigenvalue weighted by atomic mass is 10.3. The van der Waals surface area contributed by atoms with Crippen molar-refractivity contribution in [2.75, 3.05) is 0 Å². The minimum absolute atomic E-state index is 0.220. The molecule has 1 rings (SSSR count). The Hall–Kier alpha value is -1.12. The number of rotatable bonds is 3. The molecule has 0 amide bonds. The van der Waals surface area contributed by atoms with Crippen LogP contribution in [0.1, 0.15) is 10.4 Å². The van der Waals surface area contributed by atoms with Gasteiger partial charge in [-0.2, -0.15) is 4.31 Å². The highest BCUT2D eigenvalue weighted by Gasteiger charge is 2.27. The summed E-state index contributed by atoms with van der Waals surface area (Å²) >= 11 is 0. The van der Waals surface area contributed by atoms with Crippen LogP contribution in [0, 0.1) is 0 Å². The lowest BCUT2D eigenvalue weighted by Crippen LogP contribution is -1.94. The SMILES string of the molecule is O=C(O)c1cccnc1.O=P(O)(O)OP(=O)(O)O. The lowest BCUT2D eigenvalue weighted by Gasteiger charge is -2.03. The number of carbonyl (C=O) groups is 1. The van der Waals surface area contributed by atoms with Gasteiger partial charge in [0.1, 0.15) is 0 Å². The van der Waals surface area contributed by atoms with E-state index in [1.807, 2.05) is 0 Å². The third-order valence-corrected chi connectivity index (χ3v) is 2.82. The molecule has 0 aromatic carbocycles. The quantitative estimate of drug-likeness (QED) is 0.476. The standard InChI is InChI=1S/C6H5NO2.H4O7P2/c8-6(9)5-2-1-3-7-4-5;1-8(2,3)7-9(4,5)6/h1-4H,(H,8,9);(H2,1,2,3)(H2,4,5,6). The van der Waals surface area contributed by atoms with Gasteiger partial charge in [-0.3, -0.25) is 4.98 Å². The fourth-order valence-electron chi connectivity index (χ4n) is 0.628. The van der Waals surface area contributed by atoms with E-state index in [0.717, 1.165) is 0 Å². The second-order valence-electron chi connectivity index (χ2n) is 2.61. The number of nitrogens with zero attached hydrogens (tertiary/aromatic N) is 1. The van der Waals surface area contributed by atoms with Crippen LogP contribution in [0.3, 0.4) is 0 Å². The zero-order valence-corrected chi connectivity index (χ0v) is 10.3. The summed E-state index contributed by atoms with van der Waals surface area (Å²) in [6.07, 6.45) is 2.84. The van der Waals surface area contributed by atoms with Gasteiger partial charge in [-0.1, -0.05) is 0 Å². The first kappa shape index (κ1) is 16.9. The maximum absolute atomic E-state index is 10.2. The Balaban J connectivity index is 0.000000321. The molecule has 0 saturated carbocycles. The molecule has 0 atom stereocenters. The number of hydrogen-bond acceptors (Lipinski definition) is 5. The number of hydrogen-bond donors (Lipinski definition) is 5. The number of carboxylic acid groups (broad SMARTS) is 1. The molecule has 1 aromatic rings. The van der Waals surface area contributed by atoms with Gasteiger partial charge in [-0.05, 0) is 12.1 Å². The van der Waals surface area contributed by atoms with Crippen molar-refractivity contribution in [2.24, 2.45) is 0 Å². The maximum Gasteiger partial charge on any atom is 0.478 e. The van der Waals surface area contributed by atoms with E-state index < -0.39 is 21.6 Å². The van der Waals surface area contributed by atoms with E-state index in [2.05, 4.69) is 9.29 Å². The molecule has 102 valence electrons. The van der Waals surface area contributed by atoms with Crippen LogP contribution < -0.4 is 0 Å². The van der Waals surface area contributed by atoms with Gasteiger partial charge in [-0.25, -0.2) is 13.9 Å². The molecule has 1 aromatic heterocycles. The second-order valence-corrected chi connectivity index (χ2v) is 5.23. The van der Waals surface area contributed by atoms with Crippen LogP contribution in [0.4, 0.5) is 0 Å². The van der Waals surface area contributed by atoms with Crippen molar-refractivity contribution in [1.82, 2.24) is 4.98 Å². The van der Waals surface area contributed by atoms with E-state index in [4.69, 9.17) is 24.7 Å². The third-order valence-electron chi connectivity index (χ3n) is 1.12. The molecule has 0 fully saturated rings. The van der Waals surface area contributed by atoms with Gasteiger partial charge in [0, 0.05) is 12.4 Å². The van der Waals surface area contributed by atoms with Crippen molar-refractivity contribution in [3.8, 4) is 0 Å². The number of phosphoric acid groups is 2. The van der Waals surface area contributed by atoms with Crippen LogP contribution in [0.15, 0.2) is 24.5 Å².